The van der Waals surface area contributed by atoms with Crippen LogP contribution < -0.4 is 10.1 Å². The van der Waals surface area contributed by atoms with Gasteiger partial charge in [0.25, 0.3) is 0 Å². The zero-order valence-corrected chi connectivity index (χ0v) is 12.4. The van der Waals surface area contributed by atoms with Gasteiger partial charge in [-0.3, -0.25) is 0 Å². The maximum atomic E-state index is 6.21. The van der Waals surface area contributed by atoms with E-state index in [1.807, 2.05) is 32.0 Å². The Morgan fingerprint density at radius 1 is 1.47 bits per heavy atom. The Balaban J connectivity index is 1.88. The average Bonchev–Trinajstić information content (AvgIpc) is 2.40. The van der Waals surface area contributed by atoms with Gasteiger partial charge in [0.05, 0.1) is 17.7 Å². The first-order chi connectivity index (χ1) is 9.15. The molecule has 1 aliphatic rings. The van der Waals surface area contributed by atoms with Crippen LogP contribution in [-0.2, 0) is 4.74 Å². The van der Waals surface area contributed by atoms with Crippen molar-refractivity contribution in [3.05, 3.63) is 23.2 Å². The minimum Gasteiger partial charge on any atom is -0.489 e. The Morgan fingerprint density at radius 3 is 2.95 bits per heavy atom. The Hall–Kier alpha value is -0.930. The average molecular weight is 284 g/mol. The lowest BCUT2D eigenvalue weighted by molar-refractivity contribution is 0.0595. The van der Waals surface area contributed by atoms with Crippen LogP contribution in [0.1, 0.15) is 26.7 Å². The van der Waals surface area contributed by atoms with E-state index < -0.39 is 0 Å². The number of rotatable bonds is 5. The highest BCUT2D eigenvalue weighted by molar-refractivity contribution is 6.32. The topological polar surface area (TPSA) is 30.5 Å². The number of nitrogens with one attached hydrogen (secondary N) is 1. The molecule has 0 bridgehead atoms. The maximum absolute atomic E-state index is 6.21. The van der Waals surface area contributed by atoms with Gasteiger partial charge < -0.3 is 14.8 Å². The molecular weight excluding hydrogens is 262 g/mol. The van der Waals surface area contributed by atoms with Crippen molar-refractivity contribution in [3.63, 3.8) is 0 Å². The second-order valence-corrected chi connectivity index (χ2v) is 5.68. The molecule has 1 atom stereocenters. The first kappa shape index (κ1) is 14.5. The summed E-state index contributed by atoms with van der Waals surface area (Å²) in [4.78, 5) is 0. The summed E-state index contributed by atoms with van der Waals surface area (Å²) < 4.78 is 11.1. The van der Waals surface area contributed by atoms with E-state index in [0.29, 0.717) is 10.9 Å². The Bertz CT molecular complexity index is 403. The number of anilines is 1. The minimum atomic E-state index is 0.135. The molecule has 3 nitrogen and oxygen atoms in total. The van der Waals surface area contributed by atoms with E-state index in [1.165, 1.54) is 6.42 Å². The van der Waals surface area contributed by atoms with Crippen LogP contribution >= 0.6 is 11.6 Å². The number of halogens is 1. The molecule has 0 saturated carbocycles. The monoisotopic (exact) mass is 283 g/mol. The third kappa shape index (κ3) is 4.59. The first-order valence-corrected chi connectivity index (χ1v) is 7.31. The van der Waals surface area contributed by atoms with Crippen LogP contribution in [0.25, 0.3) is 0 Å². The Morgan fingerprint density at radius 2 is 2.32 bits per heavy atom. The van der Waals surface area contributed by atoms with Crippen LogP contribution in [0.4, 0.5) is 5.69 Å². The molecule has 1 heterocycles. The van der Waals surface area contributed by atoms with Crippen LogP contribution in [0.2, 0.25) is 5.02 Å². The van der Waals surface area contributed by atoms with E-state index in [0.717, 1.165) is 37.6 Å². The van der Waals surface area contributed by atoms with E-state index in [4.69, 9.17) is 21.1 Å². The third-order valence-corrected chi connectivity index (χ3v) is 3.44. The Labute approximate surface area is 120 Å². The number of hydrogen-bond acceptors (Lipinski definition) is 3. The zero-order chi connectivity index (χ0) is 13.7. The molecular formula is C15H22ClNO2. The summed E-state index contributed by atoms with van der Waals surface area (Å²) in [5, 5.41) is 4.07. The quantitative estimate of drug-likeness (QED) is 0.887. The predicted molar refractivity (Wildman–Crippen MR) is 79.2 cm³/mol. The second-order valence-electron chi connectivity index (χ2n) is 5.28. The molecule has 1 aliphatic heterocycles. The van der Waals surface area contributed by atoms with Crippen molar-refractivity contribution in [2.24, 2.45) is 5.92 Å². The van der Waals surface area contributed by atoms with Gasteiger partial charge in [-0.05, 0) is 50.8 Å². The van der Waals surface area contributed by atoms with Crippen molar-refractivity contribution in [1.82, 2.24) is 0 Å². The zero-order valence-electron chi connectivity index (χ0n) is 11.6. The molecule has 4 heteroatoms. The summed E-state index contributed by atoms with van der Waals surface area (Å²) in [7, 11) is 0. The molecule has 0 aromatic heterocycles. The van der Waals surface area contributed by atoms with Gasteiger partial charge in [0.2, 0.25) is 0 Å². The highest BCUT2D eigenvalue weighted by Crippen LogP contribution is 2.28. The van der Waals surface area contributed by atoms with Gasteiger partial charge in [-0.1, -0.05) is 11.6 Å². The molecule has 2 rings (SSSR count). The number of benzene rings is 1. The molecule has 0 spiro atoms. The summed E-state index contributed by atoms with van der Waals surface area (Å²) in [6.45, 7) is 6.68. The molecule has 19 heavy (non-hydrogen) atoms. The summed E-state index contributed by atoms with van der Waals surface area (Å²) >= 11 is 6.21. The van der Waals surface area contributed by atoms with Crippen molar-refractivity contribution >= 4 is 17.3 Å². The van der Waals surface area contributed by atoms with Crippen molar-refractivity contribution < 1.29 is 9.47 Å². The molecule has 0 aliphatic carbocycles. The van der Waals surface area contributed by atoms with Gasteiger partial charge in [0.15, 0.2) is 0 Å². The van der Waals surface area contributed by atoms with E-state index in [2.05, 4.69) is 5.32 Å². The van der Waals surface area contributed by atoms with Gasteiger partial charge in [-0.15, -0.1) is 0 Å². The number of hydrogen-bond donors (Lipinski definition) is 1. The fourth-order valence-corrected chi connectivity index (χ4v) is 2.42. The van der Waals surface area contributed by atoms with Gasteiger partial charge in [-0.25, -0.2) is 0 Å². The van der Waals surface area contributed by atoms with Crippen LogP contribution in [0.3, 0.4) is 0 Å². The lowest BCUT2D eigenvalue weighted by atomic mass is 10.0. The smallest absolute Gasteiger partial charge is 0.138 e. The lowest BCUT2D eigenvalue weighted by Crippen LogP contribution is -2.24. The SMILES string of the molecule is CC(C)Oc1ccc(NCC2CCCOC2)cc1Cl. The minimum absolute atomic E-state index is 0.135. The highest BCUT2D eigenvalue weighted by atomic mass is 35.5. The standard InChI is InChI=1S/C15H22ClNO2/c1-11(2)19-15-6-5-13(8-14(15)16)17-9-12-4-3-7-18-10-12/h5-6,8,11-12,17H,3-4,7,9-10H2,1-2H3. The van der Waals surface area contributed by atoms with Crippen LogP contribution in [0.5, 0.6) is 5.75 Å². The summed E-state index contributed by atoms with van der Waals surface area (Å²) in [5.74, 6) is 1.34. The summed E-state index contributed by atoms with van der Waals surface area (Å²) in [5.41, 5.74) is 1.03. The molecule has 1 N–H and O–H groups in total. The van der Waals surface area contributed by atoms with Crippen LogP contribution in [0, 0.1) is 5.92 Å². The molecule has 1 aromatic carbocycles. The van der Waals surface area contributed by atoms with Gasteiger partial charge in [0.1, 0.15) is 5.75 Å². The lowest BCUT2D eigenvalue weighted by Gasteiger charge is -2.22. The second kappa shape index (κ2) is 7.01. The van der Waals surface area contributed by atoms with E-state index in [1.54, 1.807) is 0 Å². The fraction of sp³-hybridized carbons (Fsp3) is 0.600. The molecule has 0 amide bonds. The van der Waals surface area contributed by atoms with E-state index in [9.17, 15) is 0 Å². The molecule has 1 fully saturated rings. The summed E-state index contributed by atoms with van der Waals surface area (Å²) in [6, 6.07) is 5.85. The van der Waals surface area contributed by atoms with Crippen LogP contribution in [-0.4, -0.2) is 25.9 Å². The third-order valence-electron chi connectivity index (χ3n) is 3.14. The van der Waals surface area contributed by atoms with Crippen molar-refractivity contribution in [3.8, 4) is 5.75 Å². The van der Waals surface area contributed by atoms with Crippen molar-refractivity contribution in [1.29, 1.82) is 0 Å². The van der Waals surface area contributed by atoms with E-state index in [-0.39, 0.29) is 6.10 Å². The Kier molecular flexibility index (Phi) is 5.34. The fourth-order valence-electron chi connectivity index (χ4n) is 2.19. The molecule has 1 saturated heterocycles. The largest absolute Gasteiger partial charge is 0.489 e. The summed E-state index contributed by atoms with van der Waals surface area (Å²) in [6.07, 6.45) is 2.53. The predicted octanol–water partition coefficient (Wildman–Crippen LogP) is 3.97. The van der Waals surface area contributed by atoms with Crippen molar-refractivity contribution in [2.45, 2.75) is 32.8 Å². The van der Waals surface area contributed by atoms with Gasteiger partial charge in [0, 0.05) is 18.8 Å². The van der Waals surface area contributed by atoms with Crippen molar-refractivity contribution in [2.75, 3.05) is 25.1 Å². The molecule has 1 unspecified atom stereocenters. The molecule has 1 aromatic rings. The maximum Gasteiger partial charge on any atom is 0.138 e. The van der Waals surface area contributed by atoms with Crippen LogP contribution in [0.15, 0.2) is 18.2 Å². The first-order valence-electron chi connectivity index (χ1n) is 6.93. The normalized spacial score (nSPS) is 19.5. The molecule has 106 valence electrons. The van der Waals surface area contributed by atoms with Gasteiger partial charge >= 0.3 is 0 Å². The highest BCUT2D eigenvalue weighted by Gasteiger charge is 2.13. The number of ether oxygens (including phenoxy) is 2. The molecule has 0 radical (unpaired) electrons. The van der Waals surface area contributed by atoms with Gasteiger partial charge in [-0.2, -0.15) is 0 Å². The van der Waals surface area contributed by atoms with E-state index >= 15 is 0 Å².